The molecule has 0 radical (unpaired) electrons. The van der Waals surface area contributed by atoms with Crippen molar-refractivity contribution in [3.8, 4) is 0 Å². The highest BCUT2D eigenvalue weighted by Gasteiger charge is 2.56. The monoisotopic (exact) mass is 1540 g/mol. The van der Waals surface area contributed by atoms with Gasteiger partial charge in [0.2, 0.25) is 11.8 Å². The van der Waals surface area contributed by atoms with E-state index in [1.54, 1.807) is 13.1 Å². The van der Waals surface area contributed by atoms with Crippen molar-refractivity contribution in [3.63, 3.8) is 0 Å². The van der Waals surface area contributed by atoms with Gasteiger partial charge in [0.25, 0.3) is 0 Å². The van der Waals surface area contributed by atoms with Crippen LogP contribution in [0.25, 0.3) is 0 Å². The molecule has 96 heavy (non-hydrogen) atoms. The first kappa shape index (κ1) is 98.5. The minimum atomic E-state index is -4.85. The summed E-state index contributed by atoms with van der Waals surface area (Å²) in [7, 11) is -12.2. The largest absolute Gasteiger partial charge is 0.491 e. The Labute approximate surface area is 560 Å². The van der Waals surface area contributed by atoms with Gasteiger partial charge in [0.05, 0.1) is 30.7 Å². The average molecular weight is 1540 g/mol. The Morgan fingerprint density at radius 2 is 0.812 bits per heavy atom. The van der Waals surface area contributed by atoms with E-state index >= 15 is 0 Å². The first-order valence-corrected chi connectivity index (χ1v) is 44.5. The van der Waals surface area contributed by atoms with Crippen LogP contribution in [0, 0.1) is 24.7 Å². The van der Waals surface area contributed by atoms with Crippen molar-refractivity contribution in [3.05, 3.63) is 18.8 Å². The minimum Gasteiger partial charge on any atom is -0.414 e. The van der Waals surface area contributed by atoms with Gasteiger partial charge in [-0.2, -0.15) is 61.5 Å². The predicted molar refractivity (Wildman–Crippen MR) is 341 cm³/mol. The van der Waals surface area contributed by atoms with Crippen molar-refractivity contribution >= 4 is 63.3 Å². The molecule has 0 fully saturated rings. The maximum absolute atomic E-state index is 13.8. The summed E-state index contributed by atoms with van der Waals surface area (Å²) in [5.74, 6) is -18.2. The number of aliphatic hydroxyl groups excluding tert-OH is 2. The lowest BCUT2D eigenvalue weighted by molar-refractivity contribution is -0.172. The second-order valence-electron chi connectivity index (χ2n) is 23.3. The Kier molecular flexibility index (Phi) is 46.0. The molecule has 0 aromatic rings. The van der Waals surface area contributed by atoms with E-state index in [0.717, 1.165) is 6.92 Å². The summed E-state index contributed by atoms with van der Waals surface area (Å²) in [4.78, 5) is 8.23. The van der Waals surface area contributed by atoms with E-state index in [0.29, 0.717) is 70.4 Å². The lowest BCUT2D eigenvalue weighted by atomic mass is 9.93. The first-order valence-electron chi connectivity index (χ1n) is 31.2. The second kappa shape index (κ2) is 44.8. The lowest BCUT2D eigenvalue weighted by Crippen LogP contribution is -2.61. The van der Waals surface area contributed by atoms with Crippen molar-refractivity contribution in [2.45, 2.75) is 223 Å². The summed E-state index contributed by atoms with van der Waals surface area (Å²) in [6.45, 7) is 13.1. The molecular weight excluding hydrogens is 1440 g/mol. The molecule has 41 heteroatoms. The molecule has 0 aliphatic carbocycles. The Morgan fingerprint density at radius 1 is 0.479 bits per heavy atom. The van der Waals surface area contributed by atoms with Crippen molar-refractivity contribution in [2.24, 2.45) is 39.2 Å². The lowest BCUT2D eigenvalue weighted by Gasteiger charge is -2.42. The molecular formula is C55H106F19N4O12Si6+. The van der Waals surface area contributed by atoms with Crippen LogP contribution in [-0.4, -0.2) is 197 Å². The smallest absolute Gasteiger partial charge is 0.414 e. The number of nitrogens with two attached hydrogens (primary N) is 2. The molecule has 0 rings (SSSR count). The van der Waals surface area contributed by atoms with Gasteiger partial charge >= 0.3 is 82.5 Å². The molecule has 0 saturated carbocycles. The summed E-state index contributed by atoms with van der Waals surface area (Å²) >= 11 is 0. The molecule has 0 heterocycles. The highest BCUT2D eigenvalue weighted by Crippen LogP contribution is 2.41. The van der Waals surface area contributed by atoms with Crippen LogP contribution in [-0.2, 0) is 43.0 Å². The molecule has 0 aromatic carbocycles. The van der Waals surface area contributed by atoms with E-state index in [-0.39, 0.29) is 68.3 Å². The molecule has 0 bridgehead atoms. The SMILES string of the molecule is CCC[Si](C)(O[Si](CO)(CCCN=C(CC)C(CCC(C)(F)F)C(F)(F)F)OC)O[Si](CO)(CCCN=C(CC)C(CCC(C)(F)F)C(F)(F)F)OC.CO[Si](CCCN)(OC)O[Si](C)(CCC(F)(F)F)O[Si](CCCN)(OC)OC.[CH2+]C(F)(F)CCC(C(F)=CC)C(F)(F)F. The molecule has 0 aliphatic heterocycles. The van der Waals surface area contributed by atoms with Gasteiger partial charge in [0.15, 0.2) is 0 Å². The Balaban J connectivity index is -0.00000165. The zero-order valence-electron chi connectivity index (χ0n) is 57.6. The van der Waals surface area contributed by atoms with Gasteiger partial charge in [-0.15, -0.1) is 0 Å². The summed E-state index contributed by atoms with van der Waals surface area (Å²) in [5, 5.41) is 20.9. The molecule has 16 nitrogen and oxygen atoms in total. The second-order valence-corrected chi connectivity index (χ2v) is 43.5. The van der Waals surface area contributed by atoms with Crippen molar-refractivity contribution in [2.75, 3.05) is 81.3 Å². The molecule has 5 unspecified atom stereocenters. The highest BCUT2D eigenvalue weighted by molar-refractivity contribution is 6.86. The minimum absolute atomic E-state index is 0.0827. The predicted octanol–water partition coefficient (Wildman–Crippen LogP) is 15.9. The van der Waals surface area contributed by atoms with Gasteiger partial charge in [0, 0.05) is 98.5 Å². The molecule has 6 N–H and O–H groups in total. The fourth-order valence-corrected chi connectivity index (χ4v) is 34.5. The van der Waals surface area contributed by atoms with Crippen LogP contribution < -0.4 is 11.5 Å². The Hall–Kier alpha value is -1.64. The fourth-order valence-electron chi connectivity index (χ4n) is 9.66. The number of nitrogens with zero attached hydrogens (tertiary/aromatic N) is 2. The Morgan fingerprint density at radius 3 is 1.05 bits per heavy atom. The van der Waals surface area contributed by atoms with E-state index in [9.17, 15) is 93.6 Å². The maximum atomic E-state index is 13.8. The molecule has 0 aliphatic rings. The topological polar surface area (TPSA) is 210 Å². The third-order valence-electron chi connectivity index (χ3n) is 14.9. The van der Waals surface area contributed by atoms with Gasteiger partial charge in [-0.3, -0.25) is 9.98 Å². The summed E-state index contributed by atoms with van der Waals surface area (Å²) in [5.41, 5.74) is 10.6. The number of aliphatic imine (C=N–C) groups is 2. The zero-order chi connectivity index (χ0) is 75.5. The number of alkyl halides is 18. The van der Waals surface area contributed by atoms with Crippen LogP contribution in [0.4, 0.5) is 83.4 Å². The van der Waals surface area contributed by atoms with E-state index in [1.165, 1.54) is 56.5 Å². The van der Waals surface area contributed by atoms with Crippen molar-refractivity contribution in [1.82, 2.24) is 0 Å². The number of halogens is 19. The third kappa shape index (κ3) is 40.9. The highest BCUT2D eigenvalue weighted by atomic mass is 28.5. The van der Waals surface area contributed by atoms with Gasteiger partial charge in [-0.25, -0.2) is 22.0 Å². The summed E-state index contributed by atoms with van der Waals surface area (Å²) < 4.78 is 308. The molecule has 5 atom stereocenters. The van der Waals surface area contributed by atoms with Crippen LogP contribution in [0.3, 0.4) is 0 Å². The van der Waals surface area contributed by atoms with Gasteiger partial charge in [-0.1, -0.05) is 33.3 Å². The molecule has 574 valence electrons. The van der Waals surface area contributed by atoms with Gasteiger partial charge in [-0.05, 0) is 129 Å². The van der Waals surface area contributed by atoms with Gasteiger partial charge in [0.1, 0.15) is 18.7 Å². The van der Waals surface area contributed by atoms with Crippen LogP contribution in [0.2, 0.25) is 49.4 Å². The number of hydrogen-bond acceptors (Lipinski definition) is 16. The molecule has 0 aromatic heterocycles. The van der Waals surface area contributed by atoms with Crippen LogP contribution >= 0.6 is 0 Å². The molecule has 0 spiro atoms. The van der Waals surface area contributed by atoms with Crippen LogP contribution in [0.5, 0.6) is 0 Å². The number of hydrogen-bond donors (Lipinski definition) is 4. The standard InChI is InChI=1S/C32H60F10N2O6Si3.C14H35F3N2O6Si3.C9H11F6/c1-9-20-51(8,49-52(23-45,47-6)21-12-18-43-27(10-2)25(31(37,38)39)14-16-29(4,33)34)50-53(24-46,48-7)22-13-19-44-28(11-3)26(32(40,41)42)15-17-30(5,35)36;1-20-27(21-2,11-6-9-18)24-26(5,13-8-14(15,16)17)25-28(22-3,23-4)12-7-10-19;1-3-7(10)6(9(13,14)15)4-5-8(2,11)12/h25-26,45-46H,9-24H2,1-8H3;6-13,18-19H2,1-5H3;3,6H,2,4-5H2,1H3/q;;+1. The van der Waals surface area contributed by atoms with Crippen LogP contribution in [0.1, 0.15) is 131 Å². The zero-order valence-corrected chi connectivity index (χ0v) is 63.6. The van der Waals surface area contributed by atoms with E-state index in [2.05, 4.69) is 16.9 Å². The number of aliphatic hydroxyl groups is 2. The van der Waals surface area contributed by atoms with E-state index in [4.69, 9.17) is 54.5 Å². The fraction of sp³-hybridized carbons (Fsp3) is 0.909. The molecule has 0 saturated heterocycles. The van der Waals surface area contributed by atoms with Gasteiger partial charge < -0.3 is 64.7 Å². The first-order chi connectivity index (χ1) is 43.8. The number of rotatable bonds is 48. The normalized spacial score (nSPS) is 17.0. The quantitative estimate of drug-likeness (QED) is 0.0147. The van der Waals surface area contributed by atoms with E-state index < -0.39 is 175 Å². The summed E-state index contributed by atoms with van der Waals surface area (Å²) in [6, 6.07) is 0.908. The van der Waals surface area contributed by atoms with Crippen molar-refractivity contribution in [1.29, 1.82) is 0 Å². The number of allylic oxidation sites excluding steroid dienone is 2. The van der Waals surface area contributed by atoms with Crippen molar-refractivity contribution < 1.29 is 137 Å². The average Bonchev–Trinajstić information content (AvgIpc) is 0.809. The maximum Gasteiger partial charge on any atom is 0.491 e. The Bertz CT molecular complexity index is 2070. The molecule has 0 amide bonds. The van der Waals surface area contributed by atoms with E-state index in [1.807, 2.05) is 6.92 Å². The summed E-state index contributed by atoms with van der Waals surface area (Å²) in [6.07, 6.45) is -24.2. The third-order valence-corrected chi connectivity index (χ3v) is 38.9. The van der Waals surface area contributed by atoms with Crippen LogP contribution in [0.15, 0.2) is 21.9 Å².